The summed E-state index contributed by atoms with van der Waals surface area (Å²) in [6, 6.07) is 3.82. The van der Waals surface area contributed by atoms with Gasteiger partial charge in [-0.2, -0.15) is 4.89 Å². The molecule has 1 spiro atoms. The molecule has 10 unspecified atom stereocenters. The molecule has 2 aliphatic heterocycles. The van der Waals surface area contributed by atoms with Crippen LogP contribution in [0.3, 0.4) is 0 Å². The number of aliphatic hydroxyl groups is 4. The van der Waals surface area contributed by atoms with Crippen LogP contribution in [-0.4, -0.2) is 75.4 Å². The molecule has 4 aliphatic rings. The highest BCUT2D eigenvalue weighted by molar-refractivity contribution is 7.18. The second kappa shape index (κ2) is 10.1. The summed E-state index contributed by atoms with van der Waals surface area (Å²) < 4.78 is 19.0. The SMILES string of the molecule is COC1(c2cc(OC3OC(CO)C(O)C(O)C3O)c3nc(C(C)(C)C)sc3c2)OOC12CCC1CC(C)CC2C1. The number of methoxy groups -OCH3 is 1. The first-order chi connectivity index (χ1) is 18.9. The first-order valence-electron chi connectivity index (χ1n) is 14.3. The first kappa shape index (κ1) is 28.7. The van der Waals surface area contributed by atoms with Crippen LogP contribution in [0.5, 0.6) is 5.75 Å². The van der Waals surface area contributed by atoms with Crippen LogP contribution in [0.2, 0.25) is 0 Å². The largest absolute Gasteiger partial charge is 0.460 e. The number of nitrogens with zero attached hydrogens (tertiary/aromatic N) is 1. The van der Waals surface area contributed by atoms with Crippen molar-refractivity contribution in [3.63, 3.8) is 0 Å². The lowest BCUT2D eigenvalue weighted by Crippen LogP contribution is -2.71. The van der Waals surface area contributed by atoms with E-state index in [1.54, 1.807) is 24.5 Å². The molecule has 222 valence electrons. The Morgan fingerprint density at radius 3 is 2.50 bits per heavy atom. The zero-order valence-corrected chi connectivity index (χ0v) is 24.5. The summed E-state index contributed by atoms with van der Waals surface area (Å²) in [7, 11) is 1.64. The van der Waals surface area contributed by atoms with E-state index in [4.69, 9.17) is 29.0 Å². The lowest BCUT2D eigenvalue weighted by molar-refractivity contribution is -0.633. The van der Waals surface area contributed by atoms with E-state index < -0.39 is 48.7 Å². The van der Waals surface area contributed by atoms with Crippen LogP contribution in [0.4, 0.5) is 0 Å². The van der Waals surface area contributed by atoms with Crippen LogP contribution in [-0.2, 0) is 30.5 Å². The van der Waals surface area contributed by atoms with E-state index in [2.05, 4.69) is 27.7 Å². The molecular weight excluding hydrogens is 538 g/mol. The molecule has 4 fully saturated rings. The van der Waals surface area contributed by atoms with Gasteiger partial charge >= 0.3 is 0 Å². The standard InChI is InChI=1S/C29H41NO9S/c1-14-8-15-6-7-28(16(9-14)10-15)29(35-5,39-38-28)17-11-18(21-20(12-17)40-26(30-21)27(2,3)4)36-25-24(34)23(33)22(32)19(13-31)37-25/h11-12,14-16,19,22-25,31-34H,6-10,13H2,1-5H3. The molecule has 2 saturated heterocycles. The average Bonchev–Trinajstić information content (AvgIpc) is 3.34. The van der Waals surface area contributed by atoms with Crippen molar-refractivity contribution >= 4 is 21.6 Å². The van der Waals surface area contributed by atoms with E-state index >= 15 is 0 Å². The molecule has 40 heavy (non-hydrogen) atoms. The predicted octanol–water partition coefficient (Wildman–Crippen LogP) is 3.12. The van der Waals surface area contributed by atoms with E-state index in [0.717, 1.165) is 35.4 Å². The van der Waals surface area contributed by atoms with Crippen LogP contribution < -0.4 is 4.74 Å². The lowest BCUT2D eigenvalue weighted by atomic mass is 9.58. The minimum absolute atomic E-state index is 0.225. The van der Waals surface area contributed by atoms with Gasteiger partial charge in [0.05, 0.1) is 16.3 Å². The highest BCUT2D eigenvalue weighted by Crippen LogP contribution is 2.63. The van der Waals surface area contributed by atoms with Crippen molar-refractivity contribution in [2.45, 2.75) is 107 Å². The van der Waals surface area contributed by atoms with Crippen molar-refractivity contribution in [3.8, 4) is 5.75 Å². The van der Waals surface area contributed by atoms with Gasteiger partial charge in [-0.15, -0.1) is 11.3 Å². The molecular formula is C29H41NO9S. The number of aliphatic hydroxyl groups excluding tert-OH is 4. The zero-order chi connectivity index (χ0) is 28.6. The fourth-order valence-corrected chi connectivity index (χ4v) is 8.34. The number of hydrogen-bond donors (Lipinski definition) is 4. The van der Waals surface area contributed by atoms with E-state index in [1.807, 2.05) is 6.07 Å². The van der Waals surface area contributed by atoms with Crippen molar-refractivity contribution in [2.75, 3.05) is 13.7 Å². The molecule has 11 heteroatoms. The summed E-state index contributed by atoms with van der Waals surface area (Å²) in [5.74, 6) is 0.717. The fourth-order valence-electron chi connectivity index (χ4n) is 7.26. The molecule has 6 rings (SSSR count). The Bertz CT molecular complexity index is 1240. The van der Waals surface area contributed by atoms with Crippen LogP contribution >= 0.6 is 11.3 Å². The number of rotatable bonds is 5. The van der Waals surface area contributed by atoms with Crippen molar-refractivity contribution in [1.82, 2.24) is 4.98 Å². The van der Waals surface area contributed by atoms with Crippen molar-refractivity contribution < 1.29 is 44.4 Å². The van der Waals surface area contributed by atoms with E-state index in [-0.39, 0.29) is 11.3 Å². The van der Waals surface area contributed by atoms with Crippen LogP contribution in [0.1, 0.15) is 70.4 Å². The lowest BCUT2D eigenvalue weighted by Gasteiger charge is -2.62. The van der Waals surface area contributed by atoms with Gasteiger partial charge in [0.2, 0.25) is 6.29 Å². The van der Waals surface area contributed by atoms with Gasteiger partial charge in [0.15, 0.2) is 11.4 Å². The normalized spacial score (nSPS) is 41.7. The summed E-state index contributed by atoms with van der Waals surface area (Å²) in [5, 5.41) is 41.9. The third-order valence-electron chi connectivity index (χ3n) is 9.35. The quantitative estimate of drug-likeness (QED) is 0.391. The molecule has 1 aromatic carbocycles. The molecule has 2 saturated carbocycles. The van der Waals surface area contributed by atoms with Crippen LogP contribution in [0.15, 0.2) is 12.1 Å². The Hall–Kier alpha value is -1.41. The first-order valence-corrected chi connectivity index (χ1v) is 15.1. The summed E-state index contributed by atoms with van der Waals surface area (Å²) in [5.41, 5.74) is 0.427. The van der Waals surface area contributed by atoms with Crippen LogP contribution in [0, 0.1) is 17.8 Å². The molecule has 1 aromatic heterocycles. The maximum atomic E-state index is 10.7. The Morgan fingerprint density at radius 1 is 1.07 bits per heavy atom. The highest BCUT2D eigenvalue weighted by Gasteiger charge is 2.71. The average molecular weight is 580 g/mol. The van der Waals surface area contributed by atoms with Gasteiger partial charge in [0.1, 0.15) is 29.9 Å². The molecule has 4 N–H and O–H groups in total. The van der Waals surface area contributed by atoms with Crippen molar-refractivity contribution in [2.24, 2.45) is 17.8 Å². The number of fused-ring (bicyclic) bond motifs is 4. The highest BCUT2D eigenvalue weighted by atomic mass is 32.1. The topological polar surface area (TPSA) is 140 Å². The molecule has 10 nitrogen and oxygen atoms in total. The van der Waals surface area contributed by atoms with E-state index in [1.165, 1.54) is 6.42 Å². The van der Waals surface area contributed by atoms with E-state index in [9.17, 15) is 20.4 Å². The molecule has 2 aliphatic carbocycles. The Kier molecular flexibility index (Phi) is 7.25. The smallest absolute Gasteiger partial charge is 0.260 e. The van der Waals surface area contributed by atoms with Gasteiger partial charge in [-0.1, -0.05) is 27.7 Å². The Morgan fingerprint density at radius 2 is 1.85 bits per heavy atom. The number of benzene rings is 1. The molecule has 2 bridgehead atoms. The van der Waals surface area contributed by atoms with Gasteiger partial charge in [-0.3, -0.25) is 0 Å². The van der Waals surface area contributed by atoms with Gasteiger partial charge in [-0.25, -0.2) is 9.87 Å². The third-order valence-corrected chi connectivity index (χ3v) is 10.8. The van der Waals surface area contributed by atoms with E-state index in [0.29, 0.717) is 28.7 Å². The number of hydrogen-bond acceptors (Lipinski definition) is 11. The summed E-state index contributed by atoms with van der Waals surface area (Å²) >= 11 is 1.54. The molecule has 2 aromatic rings. The fraction of sp³-hybridized carbons (Fsp3) is 0.759. The minimum Gasteiger partial charge on any atom is -0.460 e. The molecule has 10 atom stereocenters. The maximum Gasteiger partial charge on any atom is 0.260 e. The van der Waals surface area contributed by atoms with Gasteiger partial charge in [-0.05, 0) is 62.0 Å². The number of aromatic nitrogens is 1. The third kappa shape index (κ3) is 4.32. The Labute approximate surface area is 238 Å². The Balaban J connectivity index is 1.44. The monoisotopic (exact) mass is 579 g/mol. The number of thiazole rings is 1. The maximum absolute atomic E-state index is 10.7. The van der Waals surface area contributed by atoms with Gasteiger partial charge in [0.25, 0.3) is 5.79 Å². The molecule has 0 amide bonds. The van der Waals surface area contributed by atoms with Gasteiger partial charge in [0, 0.05) is 18.1 Å². The molecule has 3 heterocycles. The minimum atomic E-state index is -1.56. The second-order valence-corrected chi connectivity index (χ2v) is 14.2. The zero-order valence-electron chi connectivity index (χ0n) is 23.7. The second-order valence-electron chi connectivity index (χ2n) is 13.2. The van der Waals surface area contributed by atoms with Crippen molar-refractivity contribution in [1.29, 1.82) is 0 Å². The van der Waals surface area contributed by atoms with Gasteiger partial charge < -0.3 is 34.6 Å². The number of ether oxygens (including phenoxy) is 3. The van der Waals surface area contributed by atoms with Crippen molar-refractivity contribution in [3.05, 3.63) is 22.7 Å². The summed E-state index contributed by atoms with van der Waals surface area (Å²) in [6.07, 6.45) is -1.83. The summed E-state index contributed by atoms with van der Waals surface area (Å²) in [6.45, 7) is 8.01. The predicted molar refractivity (Wildman–Crippen MR) is 146 cm³/mol. The van der Waals surface area contributed by atoms with Crippen LogP contribution in [0.25, 0.3) is 10.2 Å². The molecule has 0 radical (unpaired) electrons. The summed E-state index contributed by atoms with van der Waals surface area (Å²) in [4.78, 5) is 16.9.